The van der Waals surface area contributed by atoms with E-state index in [1.807, 2.05) is 72.8 Å². The summed E-state index contributed by atoms with van der Waals surface area (Å²) in [6.07, 6.45) is 0. The molecule has 0 aliphatic carbocycles. The molecule has 0 unspecified atom stereocenters. The zero-order valence-electron chi connectivity index (χ0n) is 45.8. The van der Waals surface area contributed by atoms with Gasteiger partial charge in [0, 0.05) is 55.2 Å². The summed E-state index contributed by atoms with van der Waals surface area (Å²) < 4.78 is 9.07. The largest absolute Gasteiger partial charge is 0.309 e. The fourth-order valence-electron chi connectivity index (χ4n) is 11.1. The van der Waals surface area contributed by atoms with Gasteiger partial charge in [0.25, 0.3) is 0 Å². The van der Waals surface area contributed by atoms with E-state index in [9.17, 15) is 0 Å². The summed E-state index contributed by atoms with van der Waals surface area (Å²) in [5.41, 5.74) is 15.9. The van der Waals surface area contributed by atoms with Crippen molar-refractivity contribution in [2.45, 2.75) is 52.4 Å². The van der Waals surface area contributed by atoms with Gasteiger partial charge in [-0.25, -0.2) is 0 Å². The maximum Gasteiger partial charge on any atom is 0.168 e. The molecule has 14 rings (SSSR count). The van der Waals surface area contributed by atoms with Crippen LogP contribution in [0.1, 0.15) is 52.7 Å². The van der Waals surface area contributed by atoms with Gasteiger partial charge in [0.15, 0.2) is 23.3 Å². The zero-order valence-corrected chi connectivity index (χ0v) is 45.8. The van der Waals surface area contributed by atoms with Crippen molar-refractivity contribution in [3.63, 3.8) is 0 Å². The second kappa shape index (κ2) is 20.1. The minimum absolute atomic E-state index is 0.0558. The molecule has 0 radical (unpaired) electrons. The summed E-state index contributed by atoms with van der Waals surface area (Å²) in [4.78, 5) is 0. The van der Waals surface area contributed by atoms with E-state index < -0.39 is 0 Å². The highest BCUT2D eigenvalue weighted by Crippen LogP contribution is 2.40. The first-order chi connectivity index (χ1) is 39.0. The van der Waals surface area contributed by atoms with E-state index in [1.54, 1.807) is 0 Å². The number of hydrogen-bond acceptors (Lipinski definition) is 4. The van der Waals surface area contributed by atoms with Crippen LogP contribution in [-0.4, -0.2) is 38.7 Å². The van der Waals surface area contributed by atoms with Crippen molar-refractivity contribution in [2.24, 2.45) is 0 Å². The van der Waals surface area contributed by atoms with Crippen molar-refractivity contribution in [3.8, 4) is 68.3 Å². The maximum absolute atomic E-state index is 4.70. The van der Waals surface area contributed by atoms with Crippen LogP contribution in [-0.2, 0) is 10.8 Å². The molecule has 8 heteroatoms. The van der Waals surface area contributed by atoms with E-state index in [4.69, 9.17) is 10.2 Å². The normalized spacial score (nSPS) is 11.9. The number of aromatic nitrogens is 8. The van der Waals surface area contributed by atoms with E-state index in [-0.39, 0.29) is 10.8 Å². The number of benzene rings is 10. The lowest BCUT2D eigenvalue weighted by atomic mass is 9.85. The van der Waals surface area contributed by atoms with Crippen molar-refractivity contribution in [3.05, 3.63) is 266 Å². The third-order valence-electron chi connectivity index (χ3n) is 15.2. The molecule has 0 aliphatic rings. The van der Waals surface area contributed by atoms with Crippen LogP contribution in [0.5, 0.6) is 0 Å². The van der Waals surface area contributed by atoms with Crippen molar-refractivity contribution < 1.29 is 0 Å². The lowest BCUT2D eigenvalue weighted by Crippen LogP contribution is -2.10. The van der Waals surface area contributed by atoms with E-state index in [1.165, 1.54) is 54.7 Å². The summed E-state index contributed by atoms with van der Waals surface area (Å²) in [5, 5.41) is 23.7. The number of fused-ring (bicyclic) bond motifs is 6. The molecular weight excluding hydrogens is 977 g/mol. The van der Waals surface area contributed by atoms with Crippen LogP contribution in [0.15, 0.2) is 255 Å². The third kappa shape index (κ3) is 9.04. The molecule has 0 atom stereocenters. The minimum atomic E-state index is 0.0558. The van der Waals surface area contributed by atoms with Gasteiger partial charge in [-0.05, 0) is 94.8 Å². The highest BCUT2D eigenvalue weighted by Gasteiger charge is 2.24. The number of para-hydroxylation sites is 2. The molecule has 14 aromatic rings. The van der Waals surface area contributed by atoms with Crippen molar-refractivity contribution in [2.75, 3.05) is 0 Å². The van der Waals surface area contributed by atoms with Crippen LogP contribution >= 0.6 is 0 Å². The smallest absolute Gasteiger partial charge is 0.168 e. The summed E-state index contributed by atoms with van der Waals surface area (Å²) in [5.74, 6) is 3.25. The van der Waals surface area contributed by atoms with Crippen molar-refractivity contribution >= 4 is 43.6 Å². The zero-order chi connectivity index (χ0) is 54.5. The quantitative estimate of drug-likeness (QED) is 0.152. The SMILES string of the molecule is CC(C)(C)c1ccc2c(c1)c1cc(C(C)(C)C)ccc1n2-c1cccc(-n2c(-c3ccccc3)nnc2-c2ccccc2)c1.c1ccc(-c2nnc(-c3ccccc3)n2-c2cccc(-n3c4ccccc4c4ccccc43)c2)cc1. The van der Waals surface area contributed by atoms with E-state index in [2.05, 4.69) is 252 Å². The molecule has 80 heavy (non-hydrogen) atoms. The van der Waals surface area contributed by atoms with Crippen LogP contribution in [0.25, 0.3) is 112 Å². The lowest BCUT2D eigenvalue weighted by molar-refractivity contribution is 0.590. The Labute approximate surface area is 466 Å². The van der Waals surface area contributed by atoms with Gasteiger partial charge in [0.1, 0.15) is 0 Å². The molecule has 0 aliphatic heterocycles. The molecule has 0 bridgehead atoms. The maximum atomic E-state index is 4.70. The second-order valence-electron chi connectivity index (χ2n) is 22.5. The van der Waals surface area contributed by atoms with Gasteiger partial charge < -0.3 is 9.13 Å². The van der Waals surface area contributed by atoms with Gasteiger partial charge in [-0.3, -0.25) is 9.13 Å². The molecule has 0 fully saturated rings. The Morgan fingerprint density at radius 1 is 0.237 bits per heavy atom. The predicted molar refractivity (Wildman–Crippen MR) is 331 cm³/mol. The molecule has 388 valence electrons. The Bertz CT molecular complexity index is 4290. The van der Waals surface area contributed by atoms with Gasteiger partial charge in [-0.15, -0.1) is 20.4 Å². The number of nitrogens with zero attached hydrogens (tertiary/aromatic N) is 8. The molecule has 4 aromatic heterocycles. The fourth-order valence-corrected chi connectivity index (χ4v) is 11.1. The highest BCUT2D eigenvalue weighted by molar-refractivity contribution is 6.10. The van der Waals surface area contributed by atoms with Crippen LogP contribution in [0, 0.1) is 0 Å². The lowest BCUT2D eigenvalue weighted by Gasteiger charge is -2.19. The van der Waals surface area contributed by atoms with Gasteiger partial charge >= 0.3 is 0 Å². The fraction of sp³-hybridized carbons (Fsp3) is 0.111. The Kier molecular flexibility index (Phi) is 12.5. The van der Waals surface area contributed by atoms with E-state index in [0.29, 0.717) is 0 Å². The van der Waals surface area contributed by atoms with Crippen LogP contribution in [0.4, 0.5) is 0 Å². The van der Waals surface area contributed by atoms with Gasteiger partial charge in [-0.2, -0.15) is 0 Å². The first-order valence-corrected chi connectivity index (χ1v) is 27.4. The van der Waals surface area contributed by atoms with Crippen molar-refractivity contribution in [1.82, 2.24) is 38.7 Å². The Balaban J connectivity index is 0.000000154. The topological polar surface area (TPSA) is 71.3 Å². The van der Waals surface area contributed by atoms with Crippen LogP contribution in [0.3, 0.4) is 0 Å². The van der Waals surface area contributed by atoms with Crippen LogP contribution < -0.4 is 0 Å². The average Bonchev–Trinajstić information content (AvgIpc) is 4.37. The molecule has 0 amide bonds. The predicted octanol–water partition coefficient (Wildman–Crippen LogP) is 18.0. The summed E-state index contributed by atoms with van der Waals surface area (Å²) in [7, 11) is 0. The highest BCUT2D eigenvalue weighted by atomic mass is 15.3. The minimum Gasteiger partial charge on any atom is -0.309 e. The average molecular weight is 1040 g/mol. The monoisotopic (exact) mass is 1040 g/mol. The van der Waals surface area contributed by atoms with Gasteiger partial charge in [-0.1, -0.05) is 224 Å². The summed E-state index contributed by atoms with van der Waals surface area (Å²) >= 11 is 0. The van der Waals surface area contributed by atoms with Gasteiger partial charge in [0.05, 0.1) is 33.4 Å². The molecule has 0 saturated carbocycles. The van der Waals surface area contributed by atoms with E-state index in [0.717, 1.165) is 68.3 Å². The number of rotatable bonds is 8. The molecule has 0 spiro atoms. The summed E-state index contributed by atoms with van der Waals surface area (Å²) in [6, 6.07) is 89.5. The molecule has 8 nitrogen and oxygen atoms in total. The van der Waals surface area contributed by atoms with E-state index >= 15 is 0 Å². The Hall–Kier alpha value is -9.92. The van der Waals surface area contributed by atoms with Crippen molar-refractivity contribution in [1.29, 1.82) is 0 Å². The standard InChI is InChI=1S/C40H38N4.C32H22N4/c1-39(2,3)29-20-22-35-33(24-29)34-25-30(40(4,5)6)21-23-36(34)43(35)31-18-13-19-32(26-31)44-37(27-14-9-7-10-15-27)41-42-38(44)28-16-11-8-12-17-28;1-3-12-23(13-4-1)31-33-34-32(24-14-5-2-6-15-24)36(31)26-17-11-16-25(22-26)35-29-20-9-7-18-27(29)28-19-8-10-21-30(28)35/h7-26H,1-6H3;1-22H. The Morgan fingerprint density at radius 3 is 0.825 bits per heavy atom. The third-order valence-corrected chi connectivity index (χ3v) is 15.2. The first kappa shape index (κ1) is 49.6. The number of hydrogen-bond donors (Lipinski definition) is 0. The molecule has 0 saturated heterocycles. The van der Waals surface area contributed by atoms with Gasteiger partial charge in [0.2, 0.25) is 0 Å². The van der Waals surface area contributed by atoms with Crippen LogP contribution in [0.2, 0.25) is 0 Å². The first-order valence-electron chi connectivity index (χ1n) is 27.4. The molecular formula is C72H60N8. The summed E-state index contributed by atoms with van der Waals surface area (Å²) in [6.45, 7) is 13.7. The Morgan fingerprint density at radius 2 is 0.512 bits per heavy atom. The second-order valence-corrected chi connectivity index (χ2v) is 22.5. The molecule has 0 N–H and O–H groups in total. The molecule has 10 aromatic carbocycles. The molecule has 4 heterocycles.